The third-order valence-electron chi connectivity index (χ3n) is 5.04. The van der Waals surface area contributed by atoms with Gasteiger partial charge in [0.15, 0.2) is 0 Å². The Balaban J connectivity index is 0.000000339. The van der Waals surface area contributed by atoms with Gasteiger partial charge in [-0.1, -0.05) is 0 Å². The number of alkyl halides is 3. The lowest BCUT2D eigenvalue weighted by Gasteiger charge is -2.49. The Labute approximate surface area is 179 Å². The number of likely N-dealkylation sites (tertiary alicyclic amines) is 1. The average Bonchev–Trinajstić information content (AvgIpc) is 3.37. The normalized spacial score (nSPS) is 19.5. The van der Waals surface area contributed by atoms with Crippen molar-refractivity contribution in [1.29, 1.82) is 0 Å². The molecule has 31 heavy (non-hydrogen) atoms. The van der Waals surface area contributed by atoms with Gasteiger partial charge in [0.05, 0.1) is 31.8 Å². The Morgan fingerprint density at radius 3 is 2.58 bits per heavy atom. The maximum Gasteiger partial charge on any atom is 0.490 e. The van der Waals surface area contributed by atoms with Crippen LogP contribution in [-0.4, -0.2) is 69.9 Å². The van der Waals surface area contributed by atoms with E-state index in [0.717, 1.165) is 18.6 Å². The van der Waals surface area contributed by atoms with Gasteiger partial charge in [-0.2, -0.15) is 13.2 Å². The van der Waals surface area contributed by atoms with Crippen LogP contribution in [0.15, 0.2) is 35.4 Å². The van der Waals surface area contributed by atoms with Crippen LogP contribution in [0.3, 0.4) is 0 Å². The molecule has 0 bridgehead atoms. The molecule has 2 saturated heterocycles. The van der Waals surface area contributed by atoms with E-state index in [9.17, 15) is 18.0 Å². The number of hydrogen-bond donors (Lipinski definition) is 1. The summed E-state index contributed by atoms with van der Waals surface area (Å²) in [4.78, 5) is 31.1. The van der Waals surface area contributed by atoms with Gasteiger partial charge >= 0.3 is 12.1 Å². The van der Waals surface area contributed by atoms with Crippen LogP contribution in [0.1, 0.15) is 22.5 Å². The fraction of sp³-hybridized carbons (Fsp3) is 0.474. The van der Waals surface area contributed by atoms with Gasteiger partial charge in [0.1, 0.15) is 11.3 Å². The molecule has 2 fully saturated rings. The van der Waals surface area contributed by atoms with Crippen molar-refractivity contribution in [1.82, 2.24) is 14.9 Å². The Kier molecular flexibility index (Phi) is 7.23. The highest BCUT2D eigenvalue weighted by Gasteiger charge is 2.54. The van der Waals surface area contributed by atoms with Gasteiger partial charge in [0.25, 0.3) is 5.91 Å². The van der Waals surface area contributed by atoms with Gasteiger partial charge in [-0.15, -0.1) is 11.3 Å². The van der Waals surface area contributed by atoms with Crippen molar-refractivity contribution < 1.29 is 37.3 Å². The molecule has 4 rings (SSSR count). The number of ether oxygens (including phenoxy) is 2. The van der Waals surface area contributed by atoms with E-state index in [4.69, 9.17) is 19.4 Å². The zero-order valence-electron chi connectivity index (χ0n) is 16.2. The molecule has 2 aromatic rings. The van der Waals surface area contributed by atoms with E-state index < -0.39 is 12.1 Å². The summed E-state index contributed by atoms with van der Waals surface area (Å²) in [6, 6.07) is 3.91. The predicted molar refractivity (Wildman–Crippen MR) is 102 cm³/mol. The second-order valence-electron chi connectivity index (χ2n) is 7.11. The number of amides is 1. The molecule has 0 radical (unpaired) electrons. The highest BCUT2D eigenvalue weighted by Crippen LogP contribution is 2.40. The number of carbonyl (C=O) groups excluding carboxylic acids is 1. The minimum atomic E-state index is -5.08. The maximum atomic E-state index is 12.3. The Bertz CT molecular complexity index is 874. The molecule has 0 saturated carbocycles. The molecule has 168 valence electrons. The number of carbonyl (C=O) groups is 2. The molecule has 1 unspecified atom stereocenters. The number of nitrogens with zero attached hydrogens (tertiary/aromatic N) is 3. The standard InChI is InChI=1S/C17H19N3O3S.C2HF3O2/c21-16(15-9-24-12-19-15)20-10-17(11-20)14(3-6-23-17)8-22-7-13-1-4-18-5-2-13;3-2(4,5)1(6)7/h1-2,4-5,9,12,14H,3,6-8,10-11H2;(H,6,7). The molecule has 1 N–H and O–H groups in total. The lowest BCUT2D eigenvalue weighted by Crippen LogP contribution is -2.66. The number of carboxylic acid groups (broad SMARTS) is 1. The zero-order chi connectivity index (χ0) is 22.5. The zero-order valence-corrected chi connectivity index (χ0v) is 17.1. The van der Waals surface area contributed by atoms with E-state index in [1.54, 1.807) is 23.3 Å². The van der Waals surface area contributed by atoms with Crippen LogP contribution >= 0.6 is 11.3 Å². The molecular formula is C19H20F3N3O5S. The first-order valence-corrected chi connectivity index (χ1v) is 10.2. The number of aliphatic carboxylic acids is 1. The molecule has 2 aliphatic heterocycles. The molecule has 1 spiro atoms. The number of thiazole rings is 1. The van der Waals surface area contributed by atoms with E-state index in [0.29, 0.717) is 37.9 Å². The van der Waals surface area contributed by atoms with Crippen LogP contribution in [0, 0.1) is 5.92 Å². The van der Waals surface area contributed by atoms with Gasteiger partial charge in [0.2, 0.25) is 0 Å². The Morgan fingerprint density at radius 1 is 1.32 bits per heavy atom. The molecular weight excluding hydrogens is 439 g/mol. The fourth-order valence-corrected chi connectivity index (χ4v) is 3.92. The summed E-state index contributed by atoms with van der Waals surface area (Å²) in [5.74, 6) is -2.43. The molecule has 1 atom stereocenters. The van der Waals surface area contributed by atoms with Crippen molar-refractivity contribution >= 4 is 23.2 Å². The van der Waals surface area contributed by atoms with Crippen molar-refractivity contribution in [2.24, 2.45) is 5.92 Å². The van der Waals surface area contributed by atoms with Crippen LogP contribution in [0.2, 0.25) is 0 Å². The van der Waals surface area contributed by atoms with Crippen LogP contribution in [-0.2, 0) is 20.9 Å². The van der Waals surface area contributed by atoms with Gasteiger partial charge in [-0.25, -0.2) is 9.78 Å². The fourth-order valence-electron chi connectivity index (χ4n) is 3.39. The van der Waals surface area contributed by atoms with Crippen molar-refractivity contribution in [3.05, 3.63) is 46.7 Å². The SMILES string of the molecule is O=C(O)C(F)(F)F.O=C(c1cscn1)N1CC2(C1)OCCC2COCc1ccncc1. The summed E-state index contributed by atoms with van der Waals surface area (Å²) in [6.07, 6.45) is -0.561. The third-order valence-corrected chi connectivity index (χ3v) is 5.62. The molecule has 8 nitrogen and oxygen atoms in total. The van der Waals surface area contributed by atoms with E-state index >= 15 is 0 Å². The van der Waals surface area contributed by atoms with Crippen molar-refractivity contribution in [2.45, 2.75) is 24.8 Å². The highest BCUT2D eigenvalue weighted by molar-refractivity contribution is 7.07. The monoisotopic (exact) mass is 459 g/mol. The average molecular weight is 459 g/mol. The van der Waals surface area contributed by atoms with E-state index in [1.165, 1.54) is 11.3 Å². The first kappa shape index (κ1) is 23.1. The first-order valence-electron chi connectivity index (χ1n) is 9.29. The molecule has 12 heteroatoms. The number of halogens is 3. The van der Waals surface area contributed by atoms with Crippen LogP contribution in [0.4, 0.5) is 13.2 Å². The predicted octanol–water partition coefficient (Wildman–Crippen LogP) is 2.62. The minimum Gasteiger partial charge on any atom is -0.475 e. The van der Waals surface area contributed by atoms with Crippen LogP contribution in [0.25, 0.3) is 0 Å². The second-order valence-corrected chi connectivity index (χ2v) is 7.83. The van der Waals surface area contributed by atoms with E-state index in [2.05, 4.69) is 9.97 Å². The minimum absolute atomic E-state index is 0.00571. The van der Waals surface area contributed by atoms with Gasteiger partial charge in [0, 0.05) is 30.3 Å². The van der Waals surface area contributed by atoms with Gasteiger partial charge in [-0.3, -0.25) is 9.78 Å². The van der Waals surface area contributed by atoms with Crippen molar-refractivity contribution in [3.63, 3.8) is 0 Å². The molecule has 1 amide bonds. The van der Waals surface area contributed by atoms with E-state index in [-0.39, 0.29) is 11.5 Å². The summed E-state index contributed by atoms with van der Waals surface area (Å²) in [7, 11) is 0. The highest BCUT2D eigenvalue weighted by atomic mass is 32.1. The number of aromatic nitrogens is 2. The summed E-state index contributed by atoms with van der Waals surface area (Å²) in [6.45, 7) is 3.24. The topological polar surface area (TPSA) is 102 Å². The number of hydrogen-bond acceptors (Lipinski definition) is 7. The van der Waals surface area contributed by atoms with Crippen molar-refractivity contribution in [3.8, 4) is 0 Å². The quantitative estimate of drug-likeness (QED) is 0.733. The molecule has 2 aliphatic rings. The summed E-state index contributed by atoms with van der Waals surface area (Å²) in [5.41, 5.74) is 3.10. The lowest BCUT2D eigenvalue weighted by molar-refractivity contribution is -0.192. The van der Waals surface area contributed by atoms with Crippen molar-refractivity contribution in [2.75, 3.05) is 26.3 Å². The number of carboxylic acids is 1. The Hall–Kier alpha value is -2.57. The number of rotatable bonds is 5. The van der Waals surface area contributed by atoms with Gasteiger partial charge < -0.3 is 19.5 Å². The molecule has 4 heterocycles. The summed E-state index contributed by atoms with van der Waals surface area (Å²) < 4.78 is 43.6. The number of pyridine rings is 1. The smallest absolute Gasteiger partial charge is 0.475 e. The van der Waals surface area contributed by atoms with E-state index in [1.807, 2.05) is 17.0 Å². The van der Waals surface area contributed by atoms with Crippen LogP contribution in [0.5, 0.6) is 0 Å². The van der Waals surface area contributed by atoms with Gasteiger partial charge in [-0.05, 0) is 24.1 Å². The molecule has 0 aliphatic carbocycles. The second kappa shape index (κ2) is 9.71. The molecule has 2 aromatic heterocycles. The molecule has 0 aromatic carbocycles. The lowest BCUT2D eigenvalue weighted by atomic mass is 9.81. The third kappa shape index (κ3) is 5.77. The first-order chi connectivity index (χ1) is 14.7. The largest absolute Gasteiger partial charge is 0.490 e. The maximum absolute atomic E-state index is 12.3. The Morgan fingerprint density at radius 2 is 2.00 bits per heavy atom. The van der Waals surface area contributed by atoms with Crippen LogP contribution < -0.4 is 0 Å². The summed E-state index contributed by atoms with van der Waals surface area (Å²) in [5, 5.41) is 8.91. The summed E-state index contributed by atoms with van der Waals surface area (Å²) >= 11 is 1.44.